The molecule has 1 unspecified atom stereocenters. The van der Waals surface area contributed by atoms with Crippen molar-refractivity contribution in [1.29, 1.82) is 0 Å². The normalized spacial score (nSPS) is 12.1. The molecule has 0 fully saturated rings. The van der Waals surface area contributed by atoms with Crippen LogP contribution in [0, 0.1) is 0 Å². The molecule has 3 N–H and O–H groups in total. The van der Waals surface area contributed by atoms with E-state index in [2.05, 4.69) is 10.6 Å². The average molecular weight is 835 g/mol. The highest BCUT2D eigenvalue weighted by atomic mass is 32.2. The van der Waals surface area contributed by atoms with Gasteiger partial charge in [-0.15, -0.1) is 0 Å². The molecular formula is C47H54N4O8S. The summed E-state index contributed by atoms with van der Waals surface area (Å²) < 4.78 is 37.2. The highest BCUT2D eigenvalue weighted by Gasteiger charge is 2.39. The van der Waals surface area contributed by atoms with Crippen LogP contribution >= 0.6 is 0 Å². The summed E-state index contributed by atoms with van der Waals surface area (Å²) in [5.41, 5.74) is 2.75. The van der Waals surface area contributed by atoms with Crippen molar-refractivity contribution in [3.05, 3.63) is 179 Å². The van der Waals surface area contributed by atoms with Crippen molar-refractivity contribution in [1.82, 2.24) is 20.4 Å². The number of sulfonamides is 1. The Balaban J connectivity index is 1.44. The Morgan fingerprint density at radius 3 is 1.60 bits per heavy atom. The fraction of sp³-hybridized carbons (Fsp3) is 0.298. The molecule has 0 aliphatic heterocycles. The number of nitrogens with one attached hydrogen (secondary N) is 3. The largest absolute Gasteiger partial charge is 0.351 e. The molecule has 13 heteroatoms. The quantitative estimate of drug-likeness (QED) is 0.0396. The van der Waals surface area contributed by atoms with E-state index >= 15 is 0 Å². The lowest BCUT2D eigenvalue weighted by atomic mass is 9.77. The van der Waals surface area contributed by atoms with Gasteiger partial charge >= 0.3 is 0 Å². The Bertz CT molecular complexity index is 2060. The van der Waals surface area contributed by atoms with Gasteiger partial charge in [-0.2, -0.15) is 0 Å². The van der Waals surface area contributed by atoms with Gasteiger partial charge in [0.25, 0.3) is 0 Å². The zero-order chi connectivity index (χ0) is 42.6. The summed E-state index contributed by atoms with van der Waals surface area (Å²) in [6, 6.07) is 45.6. The van der Waals surface area contributed by atoms with Crippen LogP contribution in [0.1, 0.15) is 54.5 Å². The van der Waals surface area contributed by atoms with E-state index in [1.165, 1.54) is 0 Å². The van der Waals surface area contributed by atoms with Crippen molar-refractivity contribution in [3.63, 3.8) is 0 Å². The number of carbonyl (C=O) groups excluding carboxylic acids is 3. The molecule has 0 radical (unpaired) electrons. The van der Waals surface area contributed by atoms with Crippen LogP contribution < -0.4 is 15.5 Å². The molecule has 5 aromatic carbocycles. The summed E-state index contributed by atoms with van der Waals surface area (Å²) in [5.74, 6) is -2.28. The van der Waals surface area contributed by atoms with Crippen LogP contribution in [0.3, 0.4) is 0 Å². The van der Waals surface area contributed by atoms with Crippen LogP contribution in [0.5, 0.6) is 0 Å². The minimum atomic E-state index is -3.98. The van der Waals surface area contributed by atoms with Crippen LogP contribution in [0.2, 0.25) is 0 Å². The van der Waals surface area contributed by atoms with Gasteiger partial charge in [0, 0.05) is 19.8 Å². The Hall–Kier alpha value is -5.70. The van der Waals surface area contributed by atoms with E-state index in [4.69, 9.17) is 14.3 Å². The Labute approximate surface area is 353 Å². The molecule has 0 bridgehead atoms. The monoisotopic (exact) mass is 834 g/mol. The molecule has 0 heterocycles. The summed E-state index contributed by atoms with van der Waals surface area (Å²) in [4.78, 5) is 51.7. The van der Waals surface area contributed by atoms with Gasteiger partial charge in [-0.25, -0.2) is 8.42 Å². The number of carbonyl (C=O) groups is 3. The Morgan fingerprint density at radius 1 is 0.650 bits per heavy atom. The average Bonchev–Trinajstić information content (AvgIpc) is 3.26. The zero-order valence-electron chi connectivity index (χ0n) is 34.1. The van der Waals surface area contributed by atoms with Gasteiger partial charge in [0.15, 0.2) is 6.29 Å². The maximum atomic E-state index is 14.8. The van der Waals surface area contributed by atoms with E-state index in [9.17, 15) is 22.8 Å². The summed E-state index contributed by atoms with van der Waals surface area (Å²) in [6.07, 6.45) is -0.00307. The van der Waals surface area contributed by atoms with E-state index in [0.29, 0.717) is 31.6 Å². The zero-order valence-corrected chi connectivity index (χ0v) is 34.9. The summed E-state index contributed by atoms with van der Waals surface area (Å²) in [7, 11) is -3.98. The topological polar surface area (TPSA) is 152 Å². The SMILES string of the molecule is CCOC(CN(CCCc1ccccc1)C(=O)C(CC(=O)NC(c1ccccc1)(c1ccccc1)c1ccccc1)NC(=O)CONS(=O)(=O)Cc1ccccc1)OCC. The highest BCUT2D eigenvalue weighted by Crippen LogP contribution is 2.37. The molecule has 0 aromatic heterocycles. The predicted octanol–water partition coefficient (Wildman–Crippen LogP) is 5.88. The van der Waals surface area contributed by atoms with Gasteiger partial charge in [-0.05, 0) is 54.5 Å². The highest BCUT2D eigenvalue weighted by molar-refractivity contribution is 7.88. The summed E-state index contributed by atoms with van der Waals surface area (Å²) in [5, 5.41) is 5.96. The number of rotatable bonds is 24. The van der Waals surface area contributed by atoms with Crippen molar-refractivity contribution in [2.24, 2.45) is 0 Å². The smallest absolute Gasteiger partial charge is 0.248 e. The van der Waals surface area contributed by atoms with Crippen molar-refractivity contribution in [2.45, 2.75) is 56.7 Å². The van der Waals surface area contributed by atoms with Crippen LogP contribution in [0.4, 0.5) is 0 Å². The van der Waals surface area contributed by atoms with Crippen LogP contribution in [-0.4, -0.2) is 76.3 Å². The maximum absolute atomic E-state index is 14.8. The fourth-order valence-corrected chi connectivity index (χ4v) is 7.94. The molecule has 0 saturated carbocycles. The third-order valence-electron chi connectivity index (χ3n) is 9.68. The van der Waals surface area contributed by atoms with Gasteiger partial charge in [-0.1, -0.05) is 157 Å². The van der Waals surface area contributed by atoms with Gasteiger partial charge in [0.2, 0.25) is 27.7 Å². The minimum Gasteiger partial charge on any atom is -0.351 e. The predicted molar refractivity (Wildman–Crippen MR) is 230 cm³/mol. The van der Waals surface area contributed by atoms with E-state index in [0.717, 1.165) is 22.3 Å². The number of aryl methyl sites for hydroxylation is 1. The number of ether oxygens (including phenoxy) is 2. The number of hydrogen-bond donors (Lipinski definition) is 3. The van der Waals surface area contributed by atoms with Gasteiger partial charge in [-0.3, -0.25) is 19.2 Å². The molecule has 0 aliphatic rings. The molecule has 5 rings (SSSR count). The third-order valence-corrected chi connectivity index (χ3v) is 10.8. The summed E-state index contributed by atoms with van der Waals surface area (Å²) in [6.45, 7) is 3.84. The standard InChI is InChI=1S/C47H54N4O8S/c1-3-57-45(58-4-2)34-51(32-20-25-37-21-10-5-11-22-37)46(54)42(48-44(53)35-59-50-60(55,56)36-38-23-12-6-13-24-38)33-43(52)49-47(39-26-14-7-15-27-39,40-28-16-8-17-29-40)41-30-18-9-19-31-41/h5-19,21-24,26-31,42,45,50H,3-4,20,25,32-36H2,1-2H3,(H,48,53)(H,49,52). The Morgan fingerprint density at radius 2 is 1.12 bits per heavy atom. The number of nitrogens with zero attached hydrogens (tertiary/aromatic N) is 1. The van der Waals surface area contributed by atoms with Crippen molar-refractivity contribution in [3.8, 4) is 0 Å². The minimum absolute atomic E-state index is 0.0288. The number of benzene rings is 5. The van der Waals surface area contributed by atoms with Crippen LogP contribution in [0.25, 0.3) is 0 Å². The first kappa shape index (κ1) is 45.4. The lowest BCUT2D eigenvalue weighted by Crippen LogP contribution is -2.55. The van der Waals surface area contributed by atoms with Crippen LogP contribution in [-0.2, 0) is 56.4 Å². The molecule has 3 amide bonds. The van der Waals surface area contributed by atoms with E-state index in [-0.39, 0.29) is 18.8 Å². The van der Waals surface area contributed by atoms with Gasteiger partial charge in [0.1, 0.15) is 18.2 Å². The van der Waals surface area contributed by atoms with E-state index in [1.807, 2.05) is 140 Å². The first-order valence-corrected chi connectivity index (χ1v) is 21.8. The third kappa shape index (κ3) is 13.4. The molecule has 60 heavy (non-hydrogen) atoms. The van der Waals surface area contributed by atoms with E-state index < -0.39 is 58.6 Å². The fourth-order valence-electron chi connectivity index (χ4n) is 7.01. The van der Waals surface area contributed by atoms with Crippen molar-refractivity contribution < 1.29 is 37.1 Å². The van der Waals surface area contributed by atoms with Crippen molar-refractivity contribution >= 4 is 27.7 Å². The molecule has 12 nitrogen and oxygen atoms in total. The van der Waals surface area contributed by atoms with Gasteiger partial charge in [0.05, 0.1) is 18.7 Å². The summed E-state index contributed by atoms with van der Waals surface area (Å²) >= 11 is 0. The lowest BCUT2D eigenvalue weighted by molar-refractivity contribution is -0.161. The first-order chi connectivity index (χ1) is 29.1. The molecule has 0 saturated heterocycles. The molecule has 1 atom stereocenters. The van der Waals surface area contributed by atoms with Gasteiger partial charge < -0.3 is 25.0 Å². The van der Waals surface area contributed by atoms with E-state index in [1.54, 1.807) is 35.2 Å². The number of amides is 3. The number of hydrogen-bond acceptors (Lipinski definition) is 8. The second kappa shape index (κ2) is 23.2. The molecular weight excluding hydrogens is 781 g/mol. The molecule has 0 spiro atoms. The second-order valence-electron chi connectivity index (χ2n) is 14.1. The first-order valence-electron chi connectivity index (χ1n) is 20.1. The van der Waals surface area contributed by atoms with Crippen LogP contribution in [0.15, 0.2) is 152 Å². The molecule has 5 aromatic rings. The van der Waals surface area contributed by atoms with Crippen molar-refractivity contribution in [2.75, 3.05) is 32.9 Å². The molecule has 316 valence electrons. The second-order valence-corrected chi connectivity index (χ2v) is 15.7. The lowest BCUT2D eigenvalue weighted by Gasteiger charge is -2.37. The Kier molecular flexibility index (Phi) is 17.5. The maximum Gasteiger partial charge on any atom is 0.248 e. The molecule has 0 aliphatic carbocycles.